The molecule has 0 aliphatic heterocycles. The molecule has 0 aromatic carbocycles. The van der Waals surface area contributed by atoms with Crippen LogP contribution in [0.5, 0.6) is 0 Å². The fourth-order valence-corrected chi connectivity index (χ4v) is 0.550. The van der Waals surface area contributed by atoms with Gasteiger partial charge in [0.25, 0.3) is 0 Å². The predicted octanol–water partition coefficient (Wildman–Crippen LogP) is -0.980. The summed E-state index contributed by atoms with van der Waals surface area (Å²) in [5.41, 5.74) is 0. The van der Waals surface area contributed by atoms with Crippen molar-refractivity contribution >= 4 is 7.82 Å². The van der Waals surface area contributed by atoms with E-state index in [4.69, 9.17) is 15.1 Å². The van der Waals surface area contributed by atoms with Gasteiger partial charge in [-0.25, -0.2) is 4.57 Å². The van der Waals surface area contributed by atoms with Crippen molar-refractivity contribution in [2.45, 2.75) is 0 Å². The molecule has 0 aromatic heterocycles. The van der Waals surface area contributed by atoms with Crippen molar-refractivity contribution in [2.75, 3.05) is 13.6 Å². The Bertz CT molecular complexity index is 102. The molecular weight excluding hydrogens is 151 g/mol. The second-order valence-corrected chi connectivity index (χ2v) is 2.44. The van der Waals surface area contributed by atoms with Crippen LogP contribution in [0.3, 0.4) is 0 Å². The molecule has 0 atom stereocenters. The van der Waals surface area contributed by atoms with Gasteiger partial charge < -0.3 is 15.1 Å². The smallest absolute Gasteiger partial charge is 0.370 e. The number of aliphatic hydroxyl groups excluding tert-OH is 2. The van der Waals surface area contributed by atoms with Crippen LogP contribution < -0.4 is 0 Å². The number of rotatable bonds is 4. The van der Waals surface area contributed by atoms with Gasteiger partial charge in [-0.3, -0.25) is 9.05 Å². The van der Waals surface area contributed by atoms with Crippen molar-refractivity contribution in [3.8, 4) is 0 Å². The lowest BCUT2D eigenvalue weighted by Crippen LogP contribution is -1.96. The standard InChI is InChI=1S/C2H7O6P/c3-1-7-9(5,6)8-2-4/h3-4H,1-2H2,(H,5,6). The second-order valence-electron chi connectivity index (χ2n) is 0.985. The molecule has 0 unspecified atom stereocenters. The lowest BCUT2D eigenvalue weighted by Gasteiger charge is -2.06. The lowest BCUT2D eigenvalue weighted by atomic mass is 11.6. The molecule has 0 saturated heterocycles. The van der Waals surface area contributed by atoms with Crippen LogP contribution in [-0.4, -0.2) is 28.7 Å². The van der Waals surface area contributed by atoms with Crippen molar-refractivity contribution in [1.82, 2.24) is 0 Å². The molecule has 0 aromatic rings. The molecule has 0 rings (SSSR count). The van der Waals surface area contributed by atoms with Gasteiger partial charge in [0.2, 0.25) is 0 Å². The van der Waals surface area contributed by atoms with E-state index in [-0.39, 0.29) is 0 Å². The highest BCUT2D eigenvalue weighted by atomic mass is 31.2. The highest BCUT2D eigenvalue weighted by molar-refractivity contribution is 7.47. The molecule has 9 heavy (non-hydrogen) atoms. The average Bonchev–Trinajstić information content (AvgIpc) is 1.64. The minimum absolute atomic E-state index is 0.923. The Kier molecular flexibility index (Phi) is 3.96. The Labute approximate surface area is 51.3 Å². The molecule has 0 heterocycles. The summed E-state index contributed by atoms with van der Waals surface area (Å²) in [5.74, 6) is 0. The molecule has 0 fully saturated rings. The summed E-state index contributed by atoms with van der Waals surface area (Å²) in [4.78, 5) is 8.31. The summed E-state index contributed by atoms with van der Waals surface area (Å²) in [6.07, 6.45) is 0. The maximum atomic E-state index is 10.2. The zero-order valence-electron chi connectivity index (χ0n) is 4.43. The van der Waals surface area contributed by atoms with Gasteiger partial charge in [-0.15, -0.1) is 0 Å². The van der Waals surface area contributed by atoms with Crippen LogP contribution in [0.2, 0.25) is 0 Å². The summed E-state index contributed by atoms with van der Waals surface area (Å²) in [6.45, 7) is -1.85. The van der Waals surface area contributed by atoms with E-state index in [1.165, 1.54) is 0 Å². The molecule has 7 heteroatoms. The molecule has 0 radical (unpaired) electrons. The van der Waals surface area contributed by atoms with Gasteiger partial charge in [-0.05, 0) is 0 Å². The SMILES string of the molecule is O=P(O)(OCO)OCO. The molecule has 0 amide bonds. The third kappa shape index (κ3) is 4.53. The van der Waals surface area contributed by atoms with E-state index in [0.717, 1.165) is 0 Å². The Morgan fingerprint density at radius 2 is 1.56 bits per heavy atom. The van der Waals surface area contributed by atoms with Crippen LogP contribution in [0.25, 0.3) is 0 Å². The quantitative estimate of drug-likeness (QED) is 0.359. The van der Waals surface area contributed by atoms with E-state index >= 15 is 0 Å². The maximum absolute atomic E-state index is 10.2. The van der Waals surface area contributed by atoms with Crippen molar-refractivity contribution < 1.29 is 28.7 Å². The first-order valence-electron chi connectivity index (χ1n) is 1.96. The number of phosphoric acid groups is 1. The number of hydrogen-bond donors (Lipinski definition) is 3. The Hall–Kier alpha value is 0.0300. The molecule has 0 bridgehead atoms. The third-order valence-electron chi connectivity index (χ3n) is 0.442. The van der Waals surface area contributed by atoms with Crippen molar-refractivity contribution in [2.24, 2.45) is 0 Å². The van der Waals surface area contributed by atoms with Crippen LogP contribution in [-0.2, 0) is 13.6 Å². The molecule has 0 aliphatic carbocycles. The van der Waals surface area contributed by atoms with Gasteiger partial charge in [0.05, 0.1) is 0 Å². The highest BCUT2D eigenvalue weighted by Gasteiger charge is 2.18. The minimum Gasteiger partial charge on any atom is -0.370 e. The number of aliphatic hydroxyl groups is 2. The van der Waals surface area contributed by atoms with Crippen LogP contribution in [0.15, 0.2) is 0 Å². The van der Waals surface area contributed by atoms with Gasteiger partial charge >= 0.3 is 7.82 Å². The summed E-state index contributed by atoms with van der Waals surface area (Å²) in [7, 11) is -4.19. The Morgan fingerprint density at radius 3 is 1.78 bits per heavy atom. The van der Waals surface area contributed by atoms with Crippen LogP contribution in [0.1, 0.15) is 0 Å². The first-order chi connectivity index (χ1) is 4.12. The Morgan fingerprint density at radius 1 is 1.22 bits per heavy atom. The zero-order valence-corrected chi connectivity index (χ0v) is 5.32. The van der Waals surface area contributed by atoms with Crippen LogP contribution in [0, 0.1) is 0 Å². The van der Waals surface area contributed by atoms with Gasteiger partial charge in [0.15, 0.2) is 13.6 Å². The monoisotopic (exact) mass is 158 g/mol. The molecule has 0 spiro atoms. The van der Waals surface area contributed by atoms with E-state index in [0.29, 0.717) is 0 Å². The third-order valence-corrected chi connectivity index (χ3v) is 1.33. The first kappa shape index (κ1) is 9.03. The summed E-state index contributed by atoms with van der Waals surface area (Å²) in [5, 5.41) is 15.8. The van der Waals surface area contributed by atoms with Gasteiger partial charge in [0, 0.05) is 0 Å². The molecule has 0 saturated carbocycles. The zero-order chi connectivity index (χ0) is 7.33. The summed E-state index contributed by atoms with van der Waals surface area (Å²) < 4.78 is 17.7. The van der Waals surface area contributed by atoms with Crippen molar-refractivity contribution in [1.29, 1.82) is 0 Å². The van der Waals surface area contributed by atoms with E-state index in [9.17, 15) is 4.57 Å². The largest absolute Gasteiger partial charge is 0.476 e. The number of hydrogen-bond acceptors (Lipinski definition) is 5. The number of phosphoric ester groups is 1. The van der Waals surface area contributed by atoms with Gasteiger partial charge in [-0.1, -0.05) is 0 Å². The van der Waals surface area contributed by atoms with E-state index < -0.39 is 21.4 Å². The average molecular weight is 158 g/mol. The van der Waals surface area contributed by atoms with Crippen molar-refractivity contribution in [3.63, 3.8) is 0 Å². The van der Waals surface area contributed by atoms with E-state index in [1.807, 2.05) is 0 Å². The predicted molar refractivity (Wildman–Crippen MR) is 26.2 cm³/mol. The lowest BCUT2D eigenvalue weighted by molar-refractivity contribution is 0.0163. The molecule has 0 aliphatic rings. The summed E-state index contributed by atoms with van der Waals surface area (Å²) >= 11 is 0. The molecular formula is C2H7O6P. The van der Waals surface area contributed by atoms with E-state index in [1.54, 1.807) is 0 Å². The fourth-order valence-electron chi connectivity index (χ4n) is 0.183. The van der Waals surface area contributed by atoms with Crippen LogP contribution in [0.4, 0.5) is 0 Å². The molecule has 3 N–H and O–H groups in total. The van der Waals surface area contributed by atoms with Gasteiger partial charge in [0.1, 0.15) is 0 Å². The summed E-state index contributed by atoms with van der Waals surface area (Å²) in [6, 6.07) is 0. The highest BCUT2D eigenvalue weighted by Crippen LogP contribution is 2.41. The minimum atomic E-state index is -4.19. The molecule has 56 valence electrons. The fraction of sp³-hybridized carbons (Fsp3) is 1.00. The van der Waals surface area contributed by atoms with E-state index in [2.05, 4.69) is 9.05 Å². The van der Waals surface area contributed by atoms with Crippen LogP contribution >= 0.6 is 7.82 Å². The second kappa shape index (κ2) is 3.94. The maximum Gasteiger partial charge on any atom is 0.476 e. The topological polar surface area (TPSA) is 96.2 Å². The Balaban J connectivity index is 3.58. The normalized spacial score (nSPS) is 11.9. The molecule has 6 nitrogen and oxygen atoms in total. The first-order valence-corrected chi connectivity index (χ1v) is 3.45. The van der Waals surface area contributed by atoms with Crippen molar-refractivity contribution in [3.05, 3.63) is 0 Å². The van der Waals surface area contributed by atoms with Gasteiger partial charge in [-0.2, -0.15) is 0 Å².